The molecule has 35 heavy (non-hydrogen) atoms. The summed E-state index contributed by atoms with van der Waals surface area (Å²) in [6, 6.07) is 15.5. The van der Waals surface area contributed by atoms with Crippen molar-refractivity contribution in [1.82, 2.24) is 0 Å². The molecule has 8 heteroatoms. The monoisotopic (exact) mass is 492 g/mol. The third kappa shape index (κ3) is 15.3. The van der Waals surface area contributed by atoms with Crippen LogP contribution in [0.15, 0.2) is 48.5 Å². The zero-order valence-electron chi connectivity index (χ0n) is 21.1. The van der Waals surface area contributed by atoms with E-state index in [4.69, 9.17) is 37.9 Å². The summed E-state index contributed by atoms with van der Waals surface area (Å²) in [5.41, 5.74) is 1.21. The van der Waals surface area contributed by atoms with Crippen LogP contribution in [-0.2, 0) is 23.7 Å². The highest BCUT2D eigenvalue weighted by Gasteiger charge is 1.98. The Morgan fingerprint density at radius 3 is 1.03 bits per heavy atom. The molecule has 0 fully saturated rings. The molecule has 0 radical (unpaired) electrons. The molecule has 0 spiro atoms. The van der Waals surface area contributed by atoms with Crippen LogP contribution >= 0.6 is 0 Å². The summed E-state index contributed by atoms with van der Waals surface area (Å²) in [5.74, 6) is 2.43. The van der Waals surface area contributed by atoms with Crippen molar-refractivity contribution < 1.29 is 37.9 Å². The molecule has 0 atom stereocenters. The van der Waals surface area contributed by atoms with E-state index in [1.807, 2.05) is 62.4 Å². The van der Waals surface area contributed by atoms with Crippen LogP contribution < -0.4 is 14.2 Å². The number of rotatable bonds is 22. The van der Waals surface area contributed by atoms with Crippen LogP contribution in [0.2, 0.25) is 0 Å². The predicted octanol–water partition coefficient (Wildman–Crippen LogP) is 3.93. The lowest BCUT2D eigenvalue weighted by Crippen LogP contribution is -2.14. The fraction of sp³-hybridized carbons (Fsp3) is 0.556. The van der Waals surface area contributed by atoms with Crippen molar-refractivity contribution in [2.75, 3.05) is 85.9 Å². The number of ether oxygens (including phenoxy) is 8. The molecule has 0 saturated heterocycles. The summed E-state index contributed by atoms with van der Waals surface area (Å²) in [4.78, 5) is 0. The van der Waals surface area contributed by atoms with E-state index < -0.39 is 0 Å². The summed E-state index contributed by atoms with van der Waals surface area (Å²) in [6.45, 7) is 11.0. The van der Waals surface area contributed by atoms with E-state index >= 15 is 0 Å². The van der Waals surface area contributed by atoms with Crippen LogP contribution in [-0.4, -0.2) is 85.9 Å². The molecule has 0 heterocycles. The summed E-state index contributed by atoms with van der Waals surface area (Å²) in [7, 11) is 0. The van der Waals surface area contributed by atoms with Gasteiger partial charge in [-0.2, -0.15) is 0 Å². The van der Waals surface area contributed by atoms with Gasteiger partial charge in [0, 0.05) is 6.61 Å². The van der Waals surface area contributed by atoms with Crippen LogP contribution in [0.4, 0.5) is 0 Å². The Kier molecular flexibility index (Phi) is 16.4. The first kappa shape index (κ1) is 28.9. The molecule has 0 amide bonds. The highest BCUT2D eigenvalue weighted by molar-refractivity contribution is 5.31. The normalized spacial score (nSPS) is 10.9. The van der Waals surface area contributed by atoms with Gasteiger partial charge in [-0.15, -0.1) is 0 Å². The molecule has 0 aliphatic heterocycles. The van der Waals surface area contributed by atoms with Gasteiger partial charge in [0.15, 0.2) is 0 Å². The minimum absolute atomic E-state index is 0.476. The van der Waals surface area contributed by atoms with Gasteiger partial charge in [0.25, 0.3) is 0 Å². The molecule has 0 aromatic heterocycles. The maximum absolute atomic E-state index is 5.65. The SMILES string of the molecule is CCOCCOc1ccc(OCCOCCOCCOCCOCCOc2ccc(C)cc2)cc1. The van der Waals surface area contributed by atoms with Gasteiger partial charge in [0.05, 0.1) is 59.5 Å². The van der Waals surface area contributed by atoms with E-state index in [9.17, 15) is 0 Å². The van der Waals surface area contributed by atoms with Crippen LogP contribution in [0.5, 0.6) is 17.2 Å². The Labute approximate surface area is 209 Å². The fourth-order valence-corrected chi connectivity index (χ4v) is 2.83. The first-order valence-corrected chi connectivity index (χ1v) is 12.2. The van der Waals surface area contributed by atoms with Gasteiger partial charge in [-0.25, -0.2) is 0 Å². The predicted molar refractivity (Wildman–Crippen MR) is 134 cm³/mol. The second-order valence-electron chi connectivity index (χ2n) is 7.48. The summed E-state index contributed by atoms with van der Waals surface area (Å²) in [6.07, 6.45) is 0. The number of hydrogen-bond donors (Lipinski definition) is 0. The molecule has 0 aliphatic rings. The van der Waals surface area contributed by atoms with E-state index in [1.54, 1.807) is 0 Å². The maximum atomic E-state index is 5.65. The van der Waals surface area contributed by atoms with Crippen molar-refractivity contribution in [2.45, 2.75) is 13.8 Å². The molecule has 2 rings (SSSR count). The molecular formula is C27H40O8. The van der Waals surface area contributed by atoms with Crippen LogP contribution in [0, 0.1) is 6.92 Å². The smallest absolute Gasteiger partial charge is 0.119 e. The topological polar surface area (TPSA) is 73.8 Å². The molecule has 2 aromatic carbocycles. The zero-order valence-corrected chi connectivity index (χ0v) is 21.1. The average Bonchev–Trinajstić information content (AvgIpc) is 2.88. The Balaban J connectivity index is 1.29. The van der Waals surface area contributed by atoms with E-state index in [0.29, 0.717) is 85.9 Å². The van der Waals surface area contributed by atoms with Crippen LogP contribution in [0.1, 0.15) is 12.5 Å². The third-order valence-electron chi connectivity index (χ3n) is 4.65. The Hall–Kier alpha value is -2.36. The molecular weight excluding hydrogens is 452 g/mol. The lowest BCUT2D eigenvalue weighted by Gasteiger charge is -2.10. The van der Waals surface area contributed by atoms with Crippen molar-refractivity contribution in [2.24, 2.45) is 0 Å². The van der Waals surface area contributed by atoms with Gasteiger partial charge in [-0.3, -0.25) is 0 Å². The standard InChI is InChI=1S/C27H40O8/c1-3-28-18-21-33-26-8-10-27(11-9-26)35-23-20-32-17-15-30-13-12-29-14-16-31-19-22-34-25-6-4-24(2)5-7-25/h4-11H,3,12-23H2,1-2H3. The minimum Gasteiger partial charge on any atom is -0.491 e. The minimum atomic E-state index is 0.476. The lowest BCUT2D eigenvalue weighted by molar-refractivity contribution is -0.00699. The van der Waals surface area contributed by atoms with Crippen LogP contribution in [0.3, 0.4) is 0 Å². The molecule has 196 valence electrons. The van der Waals surface area contributed by atoms with Gasteiger partial charge in [-0.1, -0.05) is 17.7 Å². The second-order valence-corrected chi connectivity index (χ2v) is 7.48. The van der Waals surface area contributed by atoms with Crippen molar-refractivity contribution in [3.05, 3.63) is 54.1 Å². The van der Waals surface area contributed by atoms with Crippen molar-refractivity contribution in [3.63, 3.8) is 0 Å². The first-order valence-electron chi connectivity index (χ1n) is 12.2. The van der Waals surface area contributed by atoms with Gasteiger partial charge in [0.1, 0.15) is 37.1 Å². The fourth-order valence-electron chi connectivity index (χ4n) is 2.83. The summed E-state index contributed by atoms with van der Waals surface area (Å²) in [5, 5.41) is 0. The Bertz CT molecular complexity index is 736. The molecule has 2 aromatic rings. The Morgan fingerprint density at radius 2 is 0.686 bits per heavy atom. The molecule has 0 aliphatic carbocycles. The summed E-state index contributed by atoms with van der Waals surface area (Å²) >= 11 is 0. The van der Waals surface area contributed by atoms with Gasteiger partial charge in [0.2, 0.25) is 0 Å². The van der Waals surface area contributed by atoms with Gasteiger partial charge < -0.3 is 37.9 Å². The average molecular weight is 493 g/mol. The molecule has 0 bridgehead atoms. The zero-order chi connectivity index (χ0) is 24.8. The van der Waals surface area contributed by atoms with Crippen LogP contribution in [0.25, 0.3) is 0 Å². The van der Waals surface area contributed by atoms with Crippen molar-refractivity contribution in [3.8, 4) is 17.2 Å². The largest absolute Gasteiger partial charge is 0.491 e. The second kappa shape index (κ2) is 19.9. The van der Waals surface area contributed by atoms with E-state index in [-0.39, 0.29) is 0 Å². The molecule has 8 nitrogen and oxygen atoms in total. The number of aryl methyl sites for hydroxylation is 1. The summed E-state index contributed by atoms with van der Waals surface area (Å²) < 4.78 is 44.0. The van der Waals surface area contributed by atoms with Gasteiger partial charge in [-0.05, 0) is 50.2 Å². The maximum Gasteiger partial charge on any atom is 0.119 e. The third-order valence-corrected chi connectivity index (χ3v) is 4.65. The molecule has 0 N–H and O–H groups in total. The van der Waals surface area contributed by atoms with Crippen molar-refractivity contribution >= 4 is 0 Å². The van der Waals surface area contributed by atoms with Gasteiger partial charge >= 0.3 is 0 Å². The molecule has 0 saturated carbocycles. The number of benzene rings is 2. The highest BCUT2D eigenvalue weighted by atomic mass is 16.6. The number of hydrogen-bond acceptors (Lipinski definition) is 8. The van der Waals surface area contributed by atoms with E-state index in [2.05, 4.69) is 0 Å². The Morgan fingerprint density at radius 1 is 0.400 bits per heavy atom. The molecule has 0 unspecified atom stereocenters. The highest BCUT2D eigenvalue weighted by Crippen LogP contribution is 2.17. The quantitative estimate of drug-likeness (QED) is 0.229. The van der Waals surface area contributed by atoms with E-state index in [1.165, 1.54) is 5.56 Å². The van der Waals surface area contributed by atoms with Crippen molar-refractivity contribution in [1.29, 1.82) is 0 Å². The van der Waals surface area contributed by atoms with E-state index in [0.717, 1.165) is 17.2 Å². The lowest BCUT2D eigenvalue weighted by atomic mass is 10.2. The first-order chi connectivity index (χ1) is 17.3.